The lowest BCUT2D eigenvalue weighted by atomic mass is 10.0. The van der Waals surface area contributed by atoms with Crippen LogP contribution in [0.2, 0.25) is 0 Å². The van der Waals surface area contributed by atoms with Crippen LogP contribution in [-0.4, -0.2) is 36.3 Å². The van der Waals surface area contributed by atoms with Crippen molar-refractivity contribution in [1.82, 2.24) is 8.87 Å². The van der Waals surface area contributed by atoms with E-state index in [1.807, 2.05) is 32.0 Å². The fourth-order valence-corrected chi connectivity index (χ4v) is 4.83. The van der Waals surface area contributed by atoms with Crippen LogP contribution < -0.4 is 5.32 Å². The summed E-state index contributed by atoms with van der Waals surface area (Å²) in [6, 6.07) is 7.16. The Labute approximate surface area is 161 Å². The molecule has 1 saturated heterocycles. The Morgan fingerprint density at radius 3 is 2.41 bits per heavy atom. The highest BCUT2D eigenvalue weighted by molar-refractivity contribution is 7.89. The molecule has 0 spiro atoms. The number of rotatable bonds is 4. The zero-order valence-corrected chi connectivity index (χ0v) is 17.1. The predicted octanol–water partition coefficient (Wildman–Crippen LogP) is 3.31. The summed E-state index contributed by atoms with van der Waals surface area (Å²) in [5.74, 6) is 0.223. The number of piperidine rings is 1. The Hall–Kier alpha value is -2.12. The van der Waals surface area contributed by atoms with Crippen LogP contribution in [0.4, 0.5) is 5.69 Å². The fraction of sp³-hybridized carbons (Fsp3) is 0.450. The molecular formula is C20H27N3O3S. The standard InChI is InChI=1S/C20H27N3O3S/c1-14-7-9-23(10-8-14)27(25,26)18-12-19(22(4)13-18)20(24)21-17-6-5-15(2)16(3)11-17/h5-6,11-14H,7-10H2,1-4H3,(H,21,24). The number of nitrogens with one attached hydrogen (secondary N) is 1. The zero-order chi connectivity index (χ0) is 19.8. The van der Waals surface area contributed by atoms with Crippen LogP contribution in [-0.2, 0) is 17.1 Å². The van der Waals surface area contributed by atoms with E-state index in [9.17, 15) is 13.2 Å². The molecule has 27 heavy (non-hydrogen) atoms. The van der Waals surface area contributed by atoms with Gasteiger partial charge in [-0.05, 0) is 61.9 Å². The number of nitrogens with zero attached hydrogens (tertiary/aromatic N) is 2. The van der Waals surface area contributed by atoms with Gasteiger partial charge in [0.2, 0.25) is 10.0 Å². The molecule has 2 heterocycles. The van der Waals surface area contributed by atoms with Crippen LogP contribution in [0.3, 0.4) is 0 Å². The number of aryl methyl sites for hydroxylation is 3. The Bertz CT molecular complexity index is 955. The predicted molar refractivity (Wildman–Crippen MR) is 106 cm³/mol. The van der Waals surface area contributed by atoms with E-state index in [-0.39, 0.29) is 10.8 Å². The maximum atomic E-state index is 12.9. The monoisotopic (exact) mass is 389 g/mol. The quantitative estimate of drug-likeness (QED) is 0.872. The Balaban J connectivity index is 1.81. The van der Waals surface area contributed by atoms with E-state index in [1.54, 1.807) is 11.6 Å². The van der Waals surface area contributed by atoms with Crippen molar-refractivity contribution >= 4 is 21.6 Å². The third-order valence-corrected chi connectivity index (χ3v) is 7.22. The van der Waals surface area contributed by atoms with E-state index in [1.165, 1.54) is 16.6 Å². The van der Waals surface area contributed by atoms with Gasteiger partial charge < -0.3 is 9.88 Å². The number of hydrogen-bond acceptors (Lipinski definition) is 3. The van der Waals surface area contributed by atoms with Gasteiger partial charge in [0, 0.05) is 32.0 Å². The minimum absolute atomic E-state index is 0.171. The Morgan fingerprint density at radius 1 is 1.11 bits per heavy atom. The fourth-order valence-electron chi connectivity index (χ4n) is 3.29. The lowest BCUT2D eigenvalue weighted by Crippen LogP contribution is -2.37. The number of carbonyl (C=O) groups is 1. The van der Waals surface area contributed by atoms with Gasteiger partial charge in [-0.3, -0.25) is 4.79 Å². The number of aromatic nitrogens is 1. The zero-order valence-electron chi connectivity index (χ0n) is 16.3. The number of anilines is 1. The summed E-state index contributed by atoms with van der Waals surface area (Å²) in [4.78, 5) is 12.8. The van der Waals surface area contributed by atoms with Crippen molar-refractivity contribution in [1.29, 1.82) is 0 Å². The molecule has 6 nitrogen and oxygen atoms in total. The lowest BCUT2D eigenvalue weighted by Gasteiger charge is -2.29. The second-order valence-electron chi connectivity index (χ2n) is 7.51. The molecule has 1 aliphatic rings. The van der Waals surface area contributed by atoms with E-state index in [2.05, 4.69) is 12.2 Å². The van der Waals surface area contributed by atoms with Crippen LogP contribution in [0, 0.1) is 19.8 Å². The van der Waals surface area contributed by atoms with Gasteiger partial charge >= 0.3 is 0 Å². The van der Waals surface area contributed by atoms with Crippen LogP contribution in [0.1, 0.15) is 41.4 Å². The van der Waals surface area contributed by atoms with Crippen LogP contribution in [0.25, 0.3) is 0 Å². The van der Waals surface area contributed by atoms with Crippen molar-refractivity contribution in [2.24, 2.45) is 13.0 Å². The van der Waals surface area contributed by atoms with Crippen molar-refractivity contribution in [2.45, 2.75) is 38.5 Å². The van der Waals surface area contributed by atoms with Crippen LogP contribution in [0.5, 0.6) is 0 Å². The number of sulfonamides is 1. The van der Waals surface area contributed by atoms with E-state index in [0.717, 1.165) is 24.0 Å². The first-order valence-corrected chi connectivity index (χ1v) is 10.7. The Morgan fingerprint density at radius 2 is 1.78 bits per heavy atom. The number of amides is 1. The lowest BCUT2D eigenvalue weighted by molar-refractivity contribution is 0.101. The van der Waals surface area contributed by atoms with E-state index in [0.29, 0.717) is 30.4 Å². The minimum Gasteiger partial charge on any atom is -0.345 e. The van der Waals surface area contributed by atoms with Crippen molar-refractivity contribution in [3.8, 4) is 0 Å². The van der Waals surface area contributed by atoms with Crippen LogP contribution in [0.15, 0.2) is 35.4 Å². The summed E-state index contributed by atoms with van der Waals surface area (Å²) >= 11 is 0. The molecule has 1 amide bonds. The van der Waals surface area contributed by atoms with E-state index >= 15 is 0 Å². The summed E-state index contributed by atoms with van der Waals surface area (Å²) in [6.07, 6.45) is 3.25. The molecule has 146 valence electrons. The molecule has 3 rings (SSSR count). The van der Waals surface area contributed by atoms with Gasteiger partial charge in [0.1, 0.15) is 10.6 Å². The third-order valence-electron chi connectivity index (χ3n) is 5.36. The largest absolute Gasteiger partial charge is 0.345 e. The molecule has 2 aromatic rings. The molecule has 7 heteroatoms. The molecule has 0 aliphatic carbocycles. The van der Waals surface area contributed by atoms with Gasteiger partial charge in [-0.2, -0.15) is 4.31 Å². The summed E-state index contributed by atoms with van der Waals surface area (Å²) in [5.41, 5.74) is 3.24. The third kappa shape index (κ3) is 4.09. The topological polar surface area (TPSA) is 71.4 Å². The highest BCUT2D eigenvalue weighted by Crippen LogP contribution is 2.25. The van der Waals surface area contributed by atoms with Crippen molar-refractivity contribution in [2.75, 3.05) is 18.4 Å². The summed E-state index contributed by atoms with van der Waals surface area (Å²) in [7, 11) is -1.89. The van der Waals surface area contributed by atoms with E-state index < -0.39 is 10.0 Å². The molecule has 1 aromatic heterocycles. The summed E-state index contributed by atoms with van der Waals surface area (Å²) in [5, 5.41) is 2.85. The van der Waals surface area contributed by atoms with E-state index in [4.69, 9.17) is 0 Å². The molecule has 0 radical (unpaired) electrons. The van der Waals surface area contributed by atoms with Gasteiger partial charge in [0.25, 0.3) is 5.91 Å². The molecule has 0 bridgehead atoms. The van der Waals surface area contributed by atoms with Crippen molar-refractivity contribution in [3.63, 3.8) is 0 Å². The van der Waals surface area contributed by atoms with Crippen LogP contribution >= 0.6 is 0 Å². The highest BCUT2D eigenvalue weighted by atomic mass is 32.2. The molecule has 1 aliphatic heterocycles. The smallest absolute Gasteiger partial charge is 0.272 e. The van der Waals surface area contributed by atoms with Gasteiger partial charge in [-0.25, -0.2) is 8.42 Å². The summed E-state index contributed by atoms with van der Waals surface area (Å²) < 4.78 is 28.9. The van der Waals surface area contributed by atoms with Gasteiger partial charge in [0.05, 0.1) is 0 Å². The molecular weight excluding hydrogens is 362 g/mol. The molecule has 0 atom stereocenters. The maximum Gasteiger partial charge on any atom is 0.272 e. The second kappa shape index (κ2) is 7.48. The van der Waals surface area contributed by atoms with Gasteiger partial charge in [-0.1, -0.05) is 13.0 Å². The number of carbonyl (C=O) groups excluding carboxylic acids is 1. The SMILES string of the molecule is Cc1ccc(NC(=O)c2cc(S(=O)(=O)N3CCC(C)CC3)cn2C)cc1C. The minimum atomic E-state index is -3.57. The van der Waals surface area contributed by atoms with Gasteiger partial charge in [-0.15, -0.1) is 0 Å². The van der Waals surface area contributed by atoms with Gasteiger partial charge in [0.15, 0.2) is 0 Å². The molecule has 0 saturated carbocycles. The Kier molecular flexibility index (Phi) is 5.44. The maximum absolute atomic E-state index is 12.9. The first-order chi connectivity index (χ1) is 12.7. The number of benzene rings is 1. The molecule has 0 unspecified atom stereocenters. The normalized spacial score (nSPS) is 16.4. The number of hydrogen-bond donors (Lipinski definition) is 1. The first kappa shape index (κ1) is 19.6. The van der Waals surface area contributed by atoms with Crippen molar-refractivity contribution in [3.05, 3.63) is 47.3 Å². The molecule has 1 aromatic carbocycles. The van der Waals surface area contributed by atoms with Crippen molar-refractivity contribution < 1.29 is 13.2 Å². The highest BCUT2D eigenvalue weighted by Gasteiger charge is 2.30. The molecule has 1 N–H and O–H groups in total. The average molecular weight is 390 g/mol. The first-order valence-electron chi connectivity index (χ1n) is 9.23. The molecule has 1 fully saturated rings. The average Bonchev–Trinajstić information content (AvgIpc) is 3.01. The second-order valence-corrected chi connectivity index (χ2v) is 9.45. The summed E-state index contributed by atoms with van der Waals surface area (Å²) in [6.45, 7) is 7.20.